The number of hydrogen-bond acceptors (Lipinski definition) is 3. The van der Waals surface area contributed by atoms with Gasteiger partial charge in [0.15, 0.2) is 0 Å². The van der Waals surface area contributed by atoms with Gasteiger partial charge in [0.05, 0.1) is 6.61 Å². The zero-order valence-electron chi connectivity index (χ0n) is 8.70. The van der Waals surface area contributed by atoms with Crippen molar-refractivity contribution in [3.8, 4) is 0 Å². The van der Waals surface area contributed by atoms with Crippen molar-refractivity contribution in [2.24, 2.45) is 5.92 Å². The second-order valence-electron chi connectivity index (χ2n) is 3.98. The van der Waals surface area contributed by atoms with Crippen LogP contribution in [0.15, 0.2) is 0 Å². The van der Waals surface area contributed by atoms with Gasteiger partial charge in [0.25, 0.3) is 0 Å². The molecule has 0 aromatic heterocycles. The van der Waals surface area contributed by atoms with Crippen LogP contribution in [0.3, 0.4) is 0 Å². The Labute approximate surface area is 80.7 Å². The monoisotopic (exact) mass is 187 g/mol. The average Bonchev–Trinajstić information content (AvgIpc) is 2.44. The highest BCUT2D eigenvalue weighted by atomic mass is 16.6. The van der Waals surface area contributed by atoms with Crippen molar-refractivity contribution in [2.45, 2.75) is 32.2 Å². The quantitative estimate of drug-likeness (QED) is 0.654. The molecule has 1 saturated heterocycles. The molecule has 2 atom stereocenters. The summed E-state index contributed by atoms with van der Waals surface area (Å²) in [5.74, 6) is 0.835. The number of likely N-dealkylation sites (tertiary alicyclic amines) is 1. The van der Waals surface area contributed by atoms with Crippen LogP contribution in [0.2, 0.25) is 0 Å². The maximum absolute atomic E-state index is 8.54. The van der Waals surface area contributed by atoms with E-state index < -0.39 is 0 Å². The minimum absolute atomic E-state index is 0.150. The molecule has 0 aromatic carbocycles. The van der Waals surface area contributed by atoms with Crippen molar-refractivity contribution >= 4 is 0 Å². The number of hydrogen-bond donors (Lipinski definition) is 1. The van der Waals surface area contributed by atoms with E-state index in [9.17, 15) is 0 Å². The zero-order valence-corrected chi connectivity index (χ0v) is 8.70. The van der Waals surface area contributed by atoms with Crippen molar-refractivity contribution < 1.29 is 9.84 Å². The predicted molar refractivity (Wildman–Crippen MR) is 52.5 cm³/mol. The van der Waals surface area contributed by atoms with E-state index in [0.717, 1.165) is 5.92 Å². The van der Waals surface area contributed by atoms with Crippen LogP contribution in [-0.2, 0) is 4.74 Å². The average molecular weight is 187 g/mol. The van der Waals surface area contributed by atoms with Crippen LogP contribution in [0.5, 0.6) is 0 Å². The first-order valence-electron chi connectivity index (χ1n) is 5.16. The van der Waals surface area contributed by atoms with Crippen molar-refractivity contribution in [3.05, 3.63) is 0 Å². The number of ether oxygens (including phenoxy) is 1. The summed E-state index contributed by atoms with van der Waals surface area (Å²) in [5, 5.41) is 8.54. The molecular formula is C10H21NO2. The van der Waals surface area contributed by atoms with Gasteiger partial charge < -0.3 is 14.7 Å². The first-order chi connectivity index (χ1) is 6.27. The SMILES string of the molecule is CCCC1CC(COCO)N(C)C1. The van der Waals surface area contributed by atoms with E-state index in [0.29, 0.717) is 12.6 Å². The van der Waals surface area contributed by atoms with Gasteiger partial charge in [0.2, 0.25) is 0 Å². The summed E-state index contributed by atoms with van der Waals surface area (Å²) < 4.78 is 5.03. The third-order valence-electron chi connectivity index (χ3n) is 2.87. The summed E-state index contributed by atoms with van der Waals surface area (Å²) in [6.45, 7) is 3.95. The van der Waals surface area contributed by atoms with Crippen LogP contribution in [0.25, 0.3) is 0 Å². The van der Waals surface area contributed by atoms with E-state index in [-0.39, 0.29) is 6.79 Å². The van der Waals surface area contributed by atoms with Crippen molar-refractivity contribution in [2.75, 3.05) is 27.0 Å². The standard InChI is InChI=1S/C10H21NO2/c1-3-4-9-5-10(7-13-8-12)11(2)6-9/h9-10,12H,3-8H2,1-2H3. The Hall–Kier alpha value is -0.120. The molecule has 0 aromatic rings. The number of aliphatic hydroxyl groups excluding tert-OH is 1. The third-order valence-corrected chi connectivity index (χ3v) is 2.87. The van der Waals surface area contributed by atoms with Gasteiger partial charge in [-0.25, -0.2) is 0 Å². The lowest BCUT2D eigenvalue weighted by Crippen LogP contribution is -2.29. The Morgan fingerprint density at radius 1 is 1.54 bits per heavy atom. The highest BCUT2D eigenvalue weighted by Gasteiger charge is 2.28. The van der Waals surface area contributed by atoms with Crippen LogP contribution < -0.4 is 0 Å². The lowest BCUT2D eigenvalue weighted by atomic mass is 10.0. The summed E-state index contributed by atoms with van der Waals surface area (Å²) >= 11 is 0. The Bertz CT molecular complexity index is 141. The predicted octanol–water partition coefficient (Wildman–Crippen LogP) is 1.07. The molecule has 1 aliphatic heterocycles. The Morgan fingerprint density at radius 2 is 2.31 bits per heavy atom. The van der Waals surface area contributed by atoms with E-state index in [1.165, 1.54) is 25.8 Å². The Kier molecular flexibility index (Phi) is 4.70. The minimum atomic E-state index is -0.150. The van der Waals surface area contributed by atoms with Crippen molar-refractivity contribution in [1.29, 1.82) is 0 Å². The second kappa shape index (κ2) is 5.58. The molecule has 0 amide bonds. The highest BCUT2D eigenvalue weighted by molar-refractivity contribution is 4.82. The van der Waals surface area contributed by atoms with Crippen LogP contribution in [-0.4, -0.2) is 43.0 Å². The van der Waals surface area contributed by atoms with Gasteiger partial charge in [-0.3, -0.25) is 0 Å². The lowest BCUT2D eigenvalue weighted by Gasteiger charge is -2.17. The maximum Gasteiger partial charge on any atom is 0.143 e. The van der Waals surface area contributed by atoms with Crippen LogP contribution in [0, 0.1) is 5.92 Å². The van der Waals surface area contributed by atoms with Gasteiger partial charge in [-0.05, 0) is 25.8 Å². The molecule has 0 spiro atoms. The van der Waals surface area contributed by atoms with Crippen molar-refractivity contribution in [1.82, 2.24) is 4.90 Å². The molecule has 0 saturated carbocycles. The molecule has 2 unspecified atom stereocenters. The molecule has 1 aliphatic rings. The van der Waals surface area contributed by atoms with Crippen LogP contribution in [0.4, 0.5) is 0 Å². The molecule has 13 heavy (non-hydrogen) atoms. The largest absolute Gasteiger partial charge is 0.371 e. The number of likely N-dealkylation sites (N-methyl/N-ethyl adjacent to an activating group) is 1. The molecule has 0 radical (unpaired) electrons. The molecule has 1 N–H and O–H groups in total. The first kappa shape index (κ1) is 11.0. The first-order valence-corrected chi connectivity index (χ1v) is 5.16. The summed E-state index contributed by atoms with van der Waals surface area (Å²) in [6, 6.07) is 0.517. The molecule has 0 bridgehead atoms. The Balaban J connectivity index is 2.24. The van der Waals surface area contributed by atoms with Gasteiger partial charge >= 0.3 is 0 Å². The molecule has 0 aliphatic carbocycles. The summed E-state index contributed by atoms with van der Waals surface area (Å²) in [4.78, 5) is 2.34. The minimum Gasteiger partial charge on any atom is -0.371 e. The molecular weight excluding hydrogens is 166 g/mol. The highest BCUT2D eigenvalue weighted by Crippen LogP contribution is 2.25. The number of rotatable bonds is 5. The van der Waals surface area contributed by atoms with E-state index in [1.54, 1.807) is 0 Å². The fraction of sp³-hybridized carbons (Fsp3) is 1.00. The third kappa shape index (κ3) is 3.25. The maximum atomic E-state index is 8.54. The van der Waals surface area contributed by atoms with E-state index in [1.807, 2.05) is 0 Å². The normalized spacial score (nSPS) is 29.8. The fourth-order valence-corrected chi connectivity index (χ4v) is 2.20. The lowest BCUT2D eigenvalue weighted by molar-refractivity contribution is -0.0203. The number of nitrogens with zero attached hydrogens (tertiary/aromatic N) is 1. The van der Waals surface area contributed by atoms with Crippen LogP contribution in [0.1, 0.15) is 26.2 Å². The molecule has 1 fully saturated rings. The Morgan fingerprint density at radius 3 is 2.92 bits per heavy atom. The molecule has 1 rings (SSSR count). The molecule has 1 heterocycles. The van der Waals surface area contributed by atoms with Gasteiger partial charge in [0.1, 0.15) is 6.79 Å². The van der Waals surface area contributed by atoms with E-state index in [4.69, 9.17) is 9.84 Å². The van der Waals surface area contributed by atoms with Gasteiger partial charge in [-0.1, -0.05) is 13.3 Å². The molecule has 3 heteroatoms. The summed E-state index contributed by atoms with van der Waals surface area (Å²) in [6.07, 6.45) is 3.82. The molecule has 78 valence electrons. The van der Waals surface area contributed by atoms with Crippen LogP contribution >= 0.6 is 0 Å². The van der Waals surface area contributed by atoms with Gasteiger partial charge in [-0.15, -0.1) is 0 Å². The van der Waals surface area contributed by atoms with Gasteiger partial charge in [0, 0.05) is 12.6 Å². The number of aliphatic hydroxyl groups is 1. The summed E-state index contributed by atoms with van der Waals surface area (Å²) in [5.41, 5.74) is 0. The smallest absolute Gasteiger partial charge is 0.143 e. The van der Waals surface area contributed by atoms with E-state index >= 15 is 0 Å². The topological polar surface area (TPSA) is 32.7 Å². The van der Waals surface area contributed by atoms with Gasteiger partial charge in [-0.2, -0.15) is 0 Å². The summed E-state index contributed by atoms with van der Waals surface area (Å²) in [7, 11) is 2.14. The molecule has 3 nitrogen and oxygen atoms in total. The van der Waals surface area contributed by atoms with Crippen molar-refractivity contribution in [3.63, 3.8) is 0 Å². The zero-order chi connectivity index (χ0) is 9.68. The fourth-order valence-electron chi connectivity index (χ4n) is 2.20. The second-order valence-corrected chi connectivity index (χ2v) is 3.98. The van der Waals surface area contributed by atoms with E-state index in [2.05, 4.69) is 18.9 Å².